The van der Waals surface area contributed by atoms with Crippen LogP contribution in [-0.2, 0) is 0 Å². The molecule has 0 unspecified atom stereocenters. The van der Waals surface area contributed by atoms with Crippen LogP contribution in [0, 0.1) is 18.3 Å². The van der Waals surface area contributed by atoms with Gasteiger partial charge in [-0.1, -0.05) is 0 Å². The van der Waals surface area contributed by atoms with Crippen LogP contribution >= 0.6 is 0 Å². The second-order valence-corrected chi connectivity index (χ2v) is 6.95. The number of hydrogen-bond donors (Lipinski definition) is 0. The number of rotatable bonds is 4. The Bertz CT molecular complexity index is 825. The normalized spacial score (nSPS) is 19.6. The number of nitrogens with zero attached hydrogens (tertiary/aromatic N) is 5. The van der Waals surface area contributed by atoms with Gasteiger partial charge in [-0.2, -0.15) is 5.26 Å². The van der Waals surface area contributed by atoms with Crippen molar-refractivity contribution >= 4 is 11.5 Å². The van der Waals surface area contributed by atoms with E-state index in [-0.39, 0.29) is 6.10 Å². The fraction of sp³-hybridized carbons (Fsp3) is 0.450. The van der Waals surface area contributed by atoms with E-state index < -0.39 is 0 Å². The Balaban J connectivity index is 1.49. The van der Waals surface area contributed by atoms with Gasteiger partial charge >= 0.3 is 0 Å². The van der Waals surface area contributed by atoms with Gasteiger partial charge in [0.05, 0.1) is 17.8 Å². The average Bonchev–Trinajstić information content (AvgIpc) is 3.34. The van der Waals surface area contributed by atoms with Crippen LogP contribution in [0.4, 0.5) is 11.5 Å². The lowest BCUT2D eigenvalue weighted by atomic mass is 10.2. The van der Waals surface area contributed by atoms with E-state index in [1.807, 2.05) is 31.3 Å². The van der Waals surface area contributed by atoms with Gasteiger partial charge < -0.3 is 14.5 Å². The van der Waals surface area contributed by atoms with Crippen molar-refractivity contribution < 1.29 is 4.74 Å². The van der Waals surface area contributed by atoms with Gasteiger partial charge in [0.1, 0.15) is 12.2 Å². The first-order valence-electron chi connectivity index (χ1n) is 9.23. The predicted molar refractivity (Wildman–Crippen MR) is 101 cm³/mol. The van der Waals surface area contributed by atoms with Crippen LogP contribution in [0.1, 0.15) is 30.5 Å². The molecule has 4 heterocycles. The molecule has 6 heteroatoms. The molecule has 0 N–H and O–H groups in total. The second kappa shape index (κ2) is 7.20. The number of aryl methyl sites for hydroxylation is 1. The highest BCUT2D eigenvalue weighted by Crippen LogP contribution is 2.32. The molecule has 0 aliphatic carbocycles. The van der Waals surface area contributed by atoms with Crippen molar-refractivity contribution in [3.8, 4) is 11.8 Å². The van der Waals surface area contributed by atoms with Crippen molar-refractivity contribution in [1.82, 2.24) is 9.97 Å². The lowest BCUT2D eigenvalue weighted by Crippen LogP contribution is -2.26. The van der Waals surface area contributed by atoms with Crippen LogP contribution in [-0.4, -0.2) is 42.3 Å². The van der Waals surface area contributed by atoms with Crippen LogP contribution < -0.4 is 14.5 Å². The zero-order chi connectivity index (χ0) is 17.9. The topological polar surface area (TPSA) is 65.3 Å². The Morgan fingerprint density at radius 2 is 2.04 bits per heavy atom. The zero-order valence-electron chi connectivity index (χ0n) is 15.1. The minimum absolute atomic E-state index is 0.0977. The zero-order valence-corrected chi connectivity index (χ0v) is 15.1. The summed E-state index contributed by atoms with van der Waals surface area (Å²) < 4.78 is 6.33. The third kappa shape index (κ3) is 3.30. The number of anilines is 2. The smallest absolute Gasteiger partial charge is 0.171 e. The van der Waals surface area contributed by atoms with Crippen LogP contribution in [0.3, 0.4) is 0 Å². The Kier molecular flexibility index (Phi) is 4.61. The lowest BCUT2D eigenvalue weighted by molar-refractivity contribution is 0.224. The Morgan fingerprint density at radius 1 is 1.19 bits per heavy atom. The quantitative estimate of drug-likeness (QED) is 0.846. The van der Waals surface area contributed by atoms with Crippen molar-refractivity contribution in [1.29, 1.82) is 5.26 Å². The highest BCUT2D eigenvalue weighted by atomic mass is 16.5. The molecule has 1 atom stereocenters. The van der Waals surface area contributed by atoms with Crippen LogP contribution in [0.5, 0.6) is 5.75 Å². The SMILES string of the molecule is Cc1cc(N2CC[C@@H](Oc3cccnc3N3CCCC3)C2)c(C#N)cn1. The third-order valence-electron chi connectivity index (χ3n) is 5.08. The maximum atomic E-state index is 9.37. The fourth-order valence-corrected chi connectivity index (χ4v) is 3.76. The highest BCUT2D eigenvalue weighted by Gasteiger charge is 2.28. The van der Waals surface area contributed by atoms with E-state index in [2.05, 4.69) is 25.8 Å². The van der Waals surface area contributed by atoms with Crippen LogP contribution in [0.15, 0.2) is 30.6 Å². The number of nitriles is 1. The van der Waals surface area contributed by atoms with E-state index in [9.17, 15) is 5.26 Å². The molecule has 4 rings (SSSR count). The first kappa shape index (κ1) is 16.6. The minimum atomic E-state index is 0.0977. The molecule has 2 aliphatic rings. The average molecular weight is 349 g/mol. The van der Waals surface area contributed by atoms with Crippen molar-refractivity contribution in [2.45, 2.75) is 32.3 Å². The lowest BCUT2D eigenvalue weighted by Gasteiger charge is -2.23. The molecule has 0 amide bonds. The highest BCUT2D eigenvalue weighted by molar-refractivity contribution is 5.60. The van der Waals surface area contributed by atoms with Gasteiger partial charge in [0.2, 0.25) is 0 Å². The molecule has 2 aromatic rings. The number of ether oxygens (including phenoxy) is 1. The van der Waals surface area contributed by atoms with Crippen LogP contribution in [0.25, 0.3) is 0 Å². The van der Waals surface area contributed by atoms with E-state index in [1.165, 1.54) is 12.8 Å². The molecule has 0 spiro atoms. The Hall–Kier alpha value is -2.81. The van der Waals surface area contributed by atoms with Crippen molar-refractivity contribution in [3.05, 3.63) is 41.9 Å². The second-order valence-electron chi connectivity index (χ2n) is 6.95. The first-order chi connectivity index (χ1) is 12.7. The number of pyridine rings is 2. The summed E-state index contributed by atoms with van der Waals surface area (Å²) in [7, 11) is 0. The maximum Gasteiger partial charge on any atom is 0.171 e. The van der Waals surface area contributed by atoms with Crippen molar-refractivity contribution in [2.75, 3.05) is 36.0 Å². The molecule has 6 nitrogen and oxygen atoms in total. The summed E-state index contributed by atoms with van der Waals surface area (Å²) in [5, 5.41) is 9.37. The largest absolute Gasteiger partial charge is 0.485 e. The van der Waals surface area contributed by atoms with E-state index in [1.54, 1.807) is 6.20 Å². The molecular formula is C20H23N5O. The minimum Gasteiger partial charge on any atom is -0.485 e. The van der Waals surface area contributed by atoms with Gasteiger partial charge in [-0.3, -0.25) is 4.98 Å². The molecule has 26 heavy (non-hydrogen) atoms. The van der Waals surface area contributed by atoms with Gasteiger partial charge in [0, 0.05) is 44.1 Å². The molecule has 0 radical (unpaired) electrons. The summed E-state index contributed by atoms with van der Waals surface area (Å²) in [6.45, 7) is 5.69. The van der Waals surface area contributed by atoms with E-state index in [4.69, 9.17) is 4.74 Å². The summed E-state index contributed by atoms with van der Waals surface area (Å²) in [6.07, 6.45) is 6.95. The molecule has 0 saturated carbocycles. The molecule has 0 bridgehead atoms. The maximum absolute atomic E-state index is 9.37. The predicted octanol–water partition coefficient (Wildman–Crippen LogP) is 2.91. The molecular weight excluding hydrogens is 326 g/mol. The van der Waals surface area contributed by atoms with E-state index in [0.29, 0.717) is 5.56 Å². The summed E-state index contributed by atoms with van der Waals surface area (Å²) in [4.78, 5) is 13.3. The number of aromatic nitrogens is 2. The molecule has 2 aliphatic heterocycles. The van der Waals surface area contributed by atoms with Crippen molar-refractivity contribution in [2.24, 2.45) is 0 Å². The van der Waals surface area contributed by atoms with Gasteiger partial charge in [-0.15, -0.1) is 0 Å². The fourth-order valence-electron chi connectivity index (χ4n) is 3.76. The summed E-state index contributed by atoms with van der Waals surface area (Å²) in [6, 6.07) is 8.18. The van der Waals surface area contributed by atoms with Gasteiger partial charge in [0.25, 0.3) is 0 Å². The Morgan fingerprint density at radius 3 is 2.85 bits per heavy atom. The Labute approximate surface area is 154 Å². The van der Waals surface area contributed by atoms with E-state index >= 15 is 0 Å². The van der Waals surface area contributed by atoms with Crippen LogP contribution in [0.2, 0.25) is 0 Å². The summed E-state index contributed by atoms with van der Waals surface area (Å²) in [5.74, 6) is 1.83. The van der Waals surface area contributed by atoms with Gasteiger partial charge in [-0.05, 0) is 38.0 Å². The van der Waals surface area contributed by atoms with Crippen molar-refractivity contribution in [3.63, 3.8) is 0 Å². The van der Waals surface area contributed by atoms with Gasteiger partial charge in [0.15, 0.2) is 11.6 Å². The third-order valence-corrected chi connectivity index (χ3v) is 5.08. The van der Waals surface area contributed by atoms with E-state index in [0.717, 1.165) is 55.5 Å². The molecule has 134 valence electrons. The molecule has 2 saturated heterocycles. The molecule has 0 aromatic carbocycles. The first-order valence-corrected chi connectivity index (χ1v) is 9.23. The molecule has 2 aromatic heterocycles. The summed E-state index contributed by atoms with van der Waals surface area (Å²) in [5.41, 5.74) is 2.50. The standard InChI is InChI=1S/C20H23N5O/c1-15-11-18(16(12-21)13-23-15)25-10-6-17(14-25)26-19-5-4-7-22-20(19)24-8-2-3-9-24/h4-5,7,11,13,17H,2-3,6,8-10,14H2,1H3/t17-/m1/s1. The monoisotopic (exact) mass is 349 g/mol. The molecule has 2 fully saturated rings. The summed E-state index contributed by atoms with van der Waals surface area (Å²) >= 11 is 0. The number of hydrogen-bond acceptors (Lipinski definition) is 6. The van der Waals surface area contributed by atoms with Gasteiger partial charge in [-0.25, -0.2) is 4.98 Å².